The second kappa shape index (κ2) is 39.4. The number of rotatable bonds is 14. The number of nitrogens with zero attached hydrogens (tertiary/aromatic N) is 6. The smallest absolute Gasteiger partial charge is 0.201 e. The van der Waals surface area contributed by atoms with Gasteiger partial charge in [0.2, 0.25) is 34.2 Å². The van der Waals surface area contributed by atoms with E-state index >= 15 is 0 Å². The predicted molar refractivity (Wildman–Crippen MR) is 445 cm³/mol. The molecule has 0 aliphatic heterocycles. The van der Waals surface area contributed by atoms with Gasteiger partial charge in [0.25, 0.3) is 0 Å². The van der Waals surface area contributed by atoms with Gasteiger partial charge in [-0.05, 0) is 201 Å². The number of aryl methyl sites for hydroxylation is 13. The van der Waals surface area contributed by atoms with Gasteiger partial charge in [0.05, 0.1) is 0 Å². The third-order valence-corrected chi connectivity index (χ3v) is 19.4. The van der Waals surface area contributed by atoms with Gasteiger partial charge < -0.3 is 0 Å². The molecule has 6 aromatic carbocycles. The van der Waals surface area contributed by atoms with Crippen LogP contribution in [0.5, 0.6) is 0 Å². The van der Waals surface area contributed by atoms with Crippen LogP contribution in [-0.4, -0.2) is 0 Å². The molecule has 6 heterocycles. The molecule has 0 amide bonds. The molecule has 6 nitrogen and oxygen atoms in total. The standard InChI is InChI=1S/C18H24N.2C17H22N.2C16H20N.C15H18N/c1-14-8-6-7-9-16(14)17-11-10-15(13-19(17)5)12-18(2,3)4;1-13(2)11-15-9-10-18(4)17(12-15)16-8-6-5-7-14(16)3;1-13(2)11-15-9-10-17(18(4)12-15)16-8-6-5-7-14(16)3;1-12(2)14-9-10-17(4)16(11-14)15-8-6-5-7-13(15)3;1-12(2)14-9-10-16(17(4)11-14)15-8-6-5-7-13(15)3;1-4-13-9-10-16(3)15(11-13)14-8-6-5-7-12(14)2/h6-11,13H,12H2,1-5H3;2*5-10,12-13H,11H2,1-4H3;2*5-12H,1-4H3;5-11H,4H2,1-3H3/q6*+1. The fourth-order valence-electron chi connectivity index (χ4n) is 13.4. The SMILES string of the molecule is CCc1cc[n+](C)c(-c2ccccc2C)c1.Cc1ccccc1-c1cc(C(C)C)cc[n+]1C.Cc1ccccc1-c1cc(CC(C)C)cc[n+]1C.Cc1ccccc1-c1ccc(C(C)C)c[n+]1C.Cc1ccccc1-c1ccc(CC(C)(C)C)c[n+]1C.Cc1ccccc1-c1ccc(CC(C)C)c[n+]1C. The maximum atomic E-state index is 2.32. The molecule has 0 unspecified atom stereocenters. The van der Waals surface area contributed by atoms with Gasteiger partial charge in [-0.25, -0.2) is 27.4 Å². The highest BCUT2D eigenvalue weighted by Gasteiger charge is 2.21. The second-order valence-corrected chi connectivity index (χ2v) is 31.5. The lowest BCUT2D eigenvalue weighted by Gasteiger charge is -2.17. The molecule has 6 heteroatoms. The topological polar surface area (TPSA) is 23.3 Å². The average molecular weight is 1400 g/mol. The summed E-state index contributed by atoms with van der Waals surface area (Å²) >= 11 is 0. The molecular formula is C99H126N6+6. The van der Waals surface area contributed by atoms with Crippen LogP contribution in [0.3, 0.4) is 0 Å². The first-order valence-electron chi connectivity index (χ1n) is 38.2. The normalized spacial score (nSPS) is 11.0. The molecule has 12 aromatic rings. The van der Waals surface area contributed by atoms with E-state index in [9.17, 15) is 0 Å². The summed E-state index contributed by atoms with van der Waals surface area (Å²) in [6.45, 7) is 40.0. The van der Waals surface area contributed by atoms with Gasteiger partial charge >= 0.3 is 0 Å². The number of benzene rings is 6. The number of hydrogen-bond donors (Lipinski definition) is 0. The summed E-state index contributed by atoms with van der Waals surface area (Å²) in [6.07, 6.45) is 17.7. The Bertz CT molecular complexity index is 4770. The van der Waals surface area contributed by atoms with Crippen molar-refractivity contribution in [3.63, 3.8) is 0 Å². The van der Waals surface area contributed by atoms with E-state index in [1.54, 1.807) is 0 Å². The third kappa shape index (κ3) is 24.4. The van der Waals surface area contributed by atoms with Crippen LogP contribution in [0.15, 0.2) is 256 Å². The summed E-state index contributed by atoms with van der Waals surface area (Å²) in [5.74, 6) is 2.54. The molecule has 0 fully saturated rings. The van der Waals surface area contributed by atoms with E-state index in [-0.39, 0.29) is 0 Å². The first kappa shape index (κ1) is 82.5. The zero-order valence-corrected chi connectivity index (χ0v) is 68.6. The van der Waals surface area contributed by atoms with Crippen molar-refractivity contribution in [1.82, 2.24) is 0 Å². The van der Waals surface area contributed by atoms with Crippen molar-refractivity contribution in [3.8, 4) is 67.5 Å². The van der Waals surface area contributed by atoms with Crippen molar-refractivity contribution in [2.45, 2.75) is 162 Å². The summed E-state index contributed by atoms with van der Waals surface area (Å²) < 4.78 is 13.3. The molecule has 0 radical (unpaired) electrons. The molecule has 0 saturated heterocycles. The Labute approximate surface area is 635 Å². The summed E-state index contributed by atoms with van der Waals surface area (Å²) in [5.41, 5.74) is 32.2. The van der Waals surface area contributed by atoms with Crippen LogP contribution in [-0.2, 0) is 68.0 Å². The van der Waals surface area contributed by atoms with Gasteiger partial charge in [-0.1, -0.05) is 192 Å². The van der Waals surface area contributed by atoms with Gasteiger partial charge in [-0.2, -0.15) is 0 Å². The molecule has 0 aliphatic rings. The van der Waals surface area contributed by atoms with E-state index in [0.717, 1.165) is 25.7 Å². The second-order valence-electron chi connectivity index (χ2n) is 31.5. The molecule has 546 valence electrons. The number of aromatic nitrogens is 6. The number of pyridine rings is 6. The fourth-order valence-corrected chi connectivity index (χ4v) is 13.4. The molecule has 12 rings (SSSR count). The zero-order chi connectivity index (χ0) is 76.7. The van der Waals surface area contributed by atoms with Crippen LogP contribution in [0.25, 0.3) is 67.5 Å². The maximum Gasteiger partial charge on any atom is 0.212 e. The van der Waals surface area contributed by atoms with E-state index < -0.39 is 0 Å². The van der Waals surface area contributed by atoms with Crippen molar-refractivity contribution in [1.29, 1.82) is 0 Å². The van der Waals surface area contributed by atoms with Gasteiger partial charge in [0.15, 0.2) is 37.2 Å². The van der Waals surface area contributed by atoms with Crippen LogP contribution in [0.4, 0.5) is 0 Å². The van der Waals surface area contributed by atoms with Crippen LogP contribution < -0.4 is 27.4 Å². The highest BCUT2D eigenvalue weighted by molar-refractivity contribution is 5.65. The van der Waals surface area contributed by atoms with E-state index in [1.807, 2.05) is 0 Å². The lowest BCUT2D eigenvalue weighted by atomic mass is 9.88. The quantitative estimate of drug-likeness (QED) is 0.0969. The van der Waals surface area contributed by atoms with E-state index in [2.05, 4.69) is 450 Å². The molecule has 0 saturated carbocycles. The van der Waals surface area contributed by atoms with Crippen LogP contribution >= 0.6 is 0 Å². The van der Waals surface area contributed by atoms with Crippen LogP contribution in [0.2, 0.25) is 0 Å². The minimum atomic E-state index is 0.331. The lowest BCUT2D eigenvalue weighted by Crippen LogP contribution is -2.32. The van der Waals surface area contributed by atoms with Crippen molar-refractivity contribution in [2.24, 2.45) is 59.5 Å². The summed E-state index contributed by atoms with van der Waals surface area (Å²) in [7, 11) is 12.7. The Balaban J connectivity index is 0.000000176. The maximum absolute atomic E-state index is 2.32. The summed E-state index contributed by atoms with van der Waals surface area (Å²) in [5, 5.41) is 0. The van der Waals surface area contributed by atoms with Gasteiger partial charge in [-0.3, -0.25) is 0 Å². The molecule has 0 spiro atoms. The van der Waals surface area contributed by atoms with Crippen molar-refractivity contribution in [2.75, 3.05) is 0 Å². The minimum absolute atomic E-state index is 0.331. The Hall–Kier alpha value is -9.78. The summed E-state index contributed by atoms with van der Waals surface area (Å²) in [6, 6.07) is 78.2. The van der Waals surface area contributed by atoms with Crippen LogP contribution in [0, 0.1) is 58.8 Å². The Morgan fingerprint density at radius 2 is 0.571 bits per heavy atom. The Kier molecular flexibility index (Phi) is 30.9. The first-order chi connectivity index (χ1) is 49.9. The molecule has 0 N–H and O–H groups in total. The van der Waals surface area contributed by atoms with Gasteiger partial charge in [0, 0.05) is 105 Å². The predicted octanol–water partition coefficient (Wildman–Crippen LogP) is 21.7. The third-order valence-electron chi connectivity index (χ3n) is 19.4. The van der Waals surface area contributed by atoms with E-state index in [1.165, 1.54) is 134 Å². The fraction of sp³-hybridized carbons (Fsp3) is 0.333. The van der Waals surface area contributed by atoms with E-state index in [0.29, 0.717) is 29.1 Å². The minimum Gasteiger partial charge on any atom is -0.201 e. The van der Waals surface area contributed by atoms with Gasteiger partial charge in [0.1, 0.15) is 42.3 Å². The summed E-state index contributed by atoms with van der Waals surface area (Å²) in [4.78, 5) is 0. The van der Waals surface area contributed by atoms with E-state index in [4.69, 9.17) is 0 Å². The molecule has 0 aliphatic carbocycles. The molecule has 0 bridgehead atoms. The molecular weight excluding hydrogens is 1270 g/mol. The molecule has 0 atom stereocenters. The zero-order valence-electron chi connectivity index (χ0n) is 68.6. The van der Waals surface area contributed by atoms with Crippen molar-refractivity contribution >= 4 is 0 Å². The monoisotopic (exact) mass is 1400 g/mol. The molecule has 6 aromatic heterocycles. The number of hydrogen-bond acceptors (Lipinski definition) is 0. The van der Waals surface area contributed by atoms with Gasteiger partial charge in [-0.15, -0.1) is 0 Å². The highest BCUT2D eigenvalue weighted by atomic mass is 14.9. The Morgan fingerprint density at radius 1 is 0.276 bits per heavy atom. The Morgan fingerprint density at radius 3 is 0.905 bits per heavy atom. The largest absolute Gasteiger partial charge is 0.212 e. The lowest BCUT2D eigenvalue weighted by molar-refractivity contribution is -0.661. The molecule has 105 heavy (non-hydrogen) atoms. The average Bonchev–Trinajstić information content (AvgIpc) is 0.861. The van der Waals surface area contributed by atoms with Crippen molar-refractivity contribution < 1.29 is 27.4 Å². The highest BCUT2D eigenvalue weighted by Crippen LogP contribution is 2.28. The first-order valence-corrected chi connectivity index (χ1v) is 38.2. The van der Waals surface area contributed by atoms with Crippen molar-refractivity contribution in [3.05, 3.63) is 322 Å². The van der Waals surface area contributed by atoms with Crippen LogP contribution in [0.1, 0.15) is 162 Å².